The zero-order valence-corrected chi connectivity index (χ0v) is 23.4. The first-order chi connectivity index (χ1) is 18.6. The maximum absolute atomic E-state index is 13.0. The van der Waals surface area contributed by atoms with E-state index in [-0.39, 0.29) is 45.7 Å². The fraction of sp³-hybridized carbons (Fsp3) is 0.667. The van der Waals surface area contributed by atoms with Crippen LogP contribution in [0.2, 0.25) is 0 Å². The van der Waals surface area contributed by atoms with Crippen LogP contribution in [-0.2, 0) is 29.0 Å². The van der Waals surface area contributed by atoms with E-state index in [0.29, 0.717) is 24.2 Å². The Balaban J connectivity index is 1.20. The second kappa shape index (κ2) is 10.4. The van der Waals surface area contributed by atoms with Crippen molar-refractivity contribution < 1.29 is 32.2 Å². The van der Waals surface area contributed by atoms with Gasteiger partial charge in [0.25, 0.3) is 0 Å². The molecule has 0 radical (unpaired) electrons. The molecule has 6 rings (SSSR count). The third kappa shape index (κ3) is 5.00. The molecule has 3 saturated carbocycles. The average Bonchev–Trinajstić information content (AvgIpc) is 3.26. The number of esters is 1. The van der Waals surface area contributed by atoms with Crippen molar-refractivity contribution in [2.45, 2.75) is 94.8 Å². The largest absolute Gasteiger partial charge is 0.419 e. The summed E-state index contributed by atoms with van der Waals surface area (Å²) >= 11 is 0. The van der Waals surface area contributed by atoms with Crippen LogP contribution >= 0.6 is 0 Å². The van der Waals surface area contributed by atoms with Crippen molar-refractivity contribution in [3.05, 3.63) is 41.2 Å². The lowest BCUT2D eigenvalue weighted by molar-refractivity contribution is -0.214. The number of rotatable bonds is 5. The van der Waals surface area contributed by atoms with Gasteiger partial charge in [0.05, 0.1) is 16.6 Å². The van der Waals surface area contributed by atoms with Crippen molar-refractivity contribution in [1.82, 2.24) is 0 Å². The van der Waals surface area contributed by atoms with Crippen LogP contribution in [0.15, 0.2) is 40.5 Å². The normalized spacial score (nSPS) is 36.6. The molecular formula is C30H39NO7S. The monoisotopic (exact) mass is 557 g/mol. The Morgan fingerprint density at radius 3 is 2.67 bits per heavy atom. The molecule has 1 heterocycles. The van der Waals surface area contributed by atoms with Crippen LogP contribution in [0, 0.1) is 29.1 Å². The first kappa shape index (κ1) is 27.1. The summed E-state index contributed by atoms with van der Waals surface area (Å²) in [5, 5.41) is 5.23. The standard InChI is InChI=1S/C30H39NO7S/c1-30-15-14-21-20-10-12-25(32)28(38-29(33)18-5-4-6-19(17-18)39(31,34)35)23(20)9-8-22(21)24(30)11-13-26(30)37-27-7-2-3-16-36-27/h4-6,17,20-22,24,26-27H,2-3,7-16H2,1H3,(H2,31,34,35)/t20?,21?,22?,24?,26-,27?,30-/m0/s1. The zero-order valence-electron chi connectivity index (χ0n) is 22.6. The first-order valence-corrected chi connectivity index (χ1v) is 16.1. The van der Waals surface area contributed by atoms with Gasteiger partial charge in [0.2, 0.25) is 10.0 Å². The number of fused-ring (bicyclic) bond motifs is 5. The van der Waals surface area contributed by atoms with Crippen molar-refractivity contribution in [3.63, 3.8) is 0 Å². The molecule has 7 atom stereocenters. The molecule has 1 aromatic carbocycles. The predicted octanol–water partition coefficient (Wildman–Crippen LogP) is 4.87. The summed E-state index contributed by atoms with van der Waals surface area (Å²) in [6, 6.07) is 5.45. The Hall–Kier alpha value is -2.07. The van der Waals surface area contributed by atoms with Crippen molar-refractivity contribution >= 4 is 21.8 Å². The third-order valence-electron chi connectivity index (χ3n) is 10.4. The number of nitrogens with two attached hydrogens (primary N) is 1. The number of benzene rings is 1. The highest BCUT2D eigenvalue weighted by atomic mass is 32.2. The minimum Gasteiger partial charge on any atom is -0.419 e. The van der Waals surface area contributed by atoms with E-state index in [9.17, 15) is 18.0 Å². The van der Waals surface area contributed by atoms with E-state index in [4.69, 9.17) is 19.3 Å². The number of hydrogen-bond acceptors (Lipinski definition) is 7. The quantitative estimate of drug-likeness (QED) is 0.513. The average molecular weight is 558 g/mol. The van der Waals surface area contributed by atoms with Crippen LogP contribution in [0.25, 0.3) is 0 Å². The molecule has 1 saturated heterocycles. The molecule has 0 bridgehead atoms. The van der Waals surface area contributed by atoms with Gasteiger partial charge >= 0.3 is 5.97 Å². The smallest absolute Gasteiger partial charge is 0.343 e. The highest BCUT2D eigenvalue weighted by Crippen LogP contribution is 2.63. The van der Waals surface area contributed by atoms with Crippen LogP contribution in [0.5, 0.6) is 0 Å². The van der Waals surface area contributed by atoms with Gasteiger partial charge in [-0.25, -0.2) is 18.4 Å². The molecule has 2 N–H and O–H groups in total. The summed E-state index contributed by atoms with van der Waals surface area (Å²) < 4.78 is 41.7. The Morgan fingerprint density at radius 1 is 1.05 bits per heavy atom. The summed E-state index contributed by atoms with van der Waals surface area (Å²) in [7, 11) is -3.96. The van der Waals surface area contributed by atoms with Crippen LogP contribution in [0.1, 0.15) is 87.9 Å². The van der Waals surface area contributed by atoms with E-state index >= 15 is 0 Å². The number of carbonyl (C=O) groups is 2. The Kier molecular flexibility index (Phi) is 7.23. The van der Waals surface area contributed by atoms with Gasteiger partial charge in [-0.1, -0.05) is 13.0 Å². The molecule has 39 heavy (non-hydrogen) atoms. The van der Waals surface area contributed by atoms with Crippen LogP contribution in [0.4, 0.5) is 0 Å². The third-order valence-corrected chi connectivity index (χ3v) is 11.3. The van der Waals surface area contributed by atoms with E-state index in [1.54, 1.807) is 0 Å². The van der Waals surface area contributed by atoms with E-state index in [2.05, 4.69) is 6.92 Å². The lowest BCUT2D eigenvalue weighted by Crippen LogP contribution is -2.49. The SMILES string of the molecule is C[C@]12CCC3C4CCC(=O)C(OC(=O)c5cccc(S(N)(=O)=O)c5)=C4CCC3C1CC[C@@H]2OC1CCCCO1. The van der Waals surface area contributed by atoms with E-state index in [1.807, 2.05) is 0 Å². The fourth-order valence-electron chi connectivity index (χ4n) is 8.50. The van der Waals surface area contributed by atoms with Crippen molar-refractivity contribution in [3.8, 4) is 0 Å². The molecule has 212 valence electrons. The second-order valence-corrected chi connectivity index (χ2v) is 14.0. The maximum atomic E-state index is 13.0. The molecule has 9 heteroatoms. The molecule has 8 nitrogen and oxygen atoms in total. The molecule has 5 unspecified atom stereocenters. The molecular weight excluding hydrogens is 518 g/mol. The molecule has 1 aromatic rings. The molecule has 0 amide bonds. The summed E-state index contributed by atoms with van der Waals surface area (Å²) in [6.07, 6.45) is 10.8. The lowest BCUT2D eigenvalue weighted by atomic mass is 9.52. The van der Waals surface area contributed by atoms with Gasteiger partial charge in [0.15, 0.2) is 17.8 Å². The number of ketones is 1. The van der Waals surface area contributed by atoms with Gasteiger partial charge in [-0.3, -0.25) is 4.79 Å². The maximum Gasteiger partial charge on any atom is 0.343 e. The number of carbonyl (C=O) groups excluding carboxylic acids is 2. The van der Waals surface area contributed by atoms with Gasteiger partial charge in [-0.2, -0.15) is 0 Å². The number of primary sulfonamides is 1. The van der Waals surface area contributed by atoms with Crippen molar-refractivity contribution in [2.24, 2.45) is 34.2 Å². The summed E-state index contributed by atoms with van der Waals surface area (Å²) in [5.74, 6) is 1.21. The molecule has 5 aliphatic rings. The minimum absolute atomic E-state index is 0.0608. The lowest BCUT2D eigenvalue weighted by Gasteiger charge is -2.54. The first-order valence-electron chi connectivity index (χ1n) is 14.5. The van der Waals surface area contributed by atoms with Crippen molar-refractivity contribution in [2.75, 3.05) is 6.61 Å². The second-order valence-electron chi connectivity index (χ2n) is 12.4. The summed E-state index contributed by atoms with van der Waals surface area (Å²) in [5.41, 5.74) is 1.19. The number of ether oxygens (including phenoxy) is 3. The predicted molar refractivity (Wildman–Crippen MR) is 143 cm³/mol. The van der Waals surface area contributed by atoms with Gasteiger partial charge < -0.3 is 14.2 Å². The molecule has 0 spiro atoms. The fourth-order valence-corrected chi connectivity index (χ4v) is 9.06. The molecule has 1 aliphatic heterocycles. The minimum atomic E-state index is -3.96. The Morgan fingerprint density at radius 2 is 1.90 bits per heavy atom. The number of allylic oxidation sites excluding steroid dienone is 1. The Bertz CT molecular complexity index is 1280. The molecule has 0 aromatic heterocycles. The summed E-state index contributed by atoms with van der Waals surface area (Å²) in [6.45, 7) is 3.22. The zero-order chi connectivity index (χ0) is 27.4. The van der Waals surface area contributed by atoms with Crippen molar-refractivity contribution in [1.29, 1.82) is 0 Å². The molecule has 4 aliphatic carbocycles. The highest BCUT2D eigenvalue weighted by molar-refractivity contribution is 7.89. The highest BCUT2D eigenvalue weighted by Gasteiger charge is 2.57. The van der Waals surface area contributed by atoms with Crippen LogP contribution in [0.3, 0.4) is 0 Å². The van der Waals surface area contributed by atoms with Gasteiger partial charge in [-0.05, 0) is 117 Å². The Labute approximate surface area is 230 Å². The van der Waals surface area contributed by atoms with Gasteiger partial charge in [-0.15, -0.1) is 0 Å². The number of sulfonamides is 1. The van der Waals surface area contributed by atoms with Gasteiger partial charge in [0.1, 0.15) is 0 Å². The topological polar surface area (TPSA) is 122 Å². The van der Waals surface area contributed by atoms with Crippen LogP contribution < -0.4 is 5.14 Å². The summed E-state index contributed by atoms with van der Waals surface area (Å²) in [4.78, 5) is 25.8. The van der Waals surface area contributed by atoms with E-state index in [0.717, 1.165) is 63.5 Å². The van der Waals surface area contributed by atoms with E-state index < -0.39 is 16.0 Å². The number of Topliss-reactive ketones (excluding diaryl/α,β-unsaturated/α-hetero) is 1. The van der Waals surface area contributed by atoms with Gasteiger partial charge in [0, 0.05) is 13.0 Å². The van der Waals surface area contributed by atoms with E-state index in [1.165, 1.54) is 37.1 Å². The van der Waals surface area contributed by atoms with Crippen LogP contribution in [-0.4, -0.2) is 39.2 Å². The molecule has 4 fully saturated rings. The number of hydrogen-bond donors (Lipinski definition) is 1.